The summed E-state index contributed by atoms with van der Waals surface area (Å²) in [6, 6.07) is 0. The van der Waals surface area contributed by atoms with Crippen LogP contribution in [0.15, 0.2) is 4.52 Å². The second-order valence-corrected chi connectivity index (χ2v) is 5.41. The minimum atomic E-state index is -0.214. The SMILES string of the molecule is Cc1noc(C)c1CCNC(=O)C(C)c1c(C)n[nH]c1C. The Morgan fingerprint density at radius 2 is 2.00 bits per heavy atom. The average molecular weight is 290 g/mol. The Morgan fingerprint density at radius 1 is 1.29 bits per heavy atom. The smallest absolute Gasteiger partial charge is 0.227 e. The molecule has 1 amide bonds. The lowest BCUT2D eigenvalue weighted by molar-refractivity contribution is -0.122. The summed E-state index contributed by atoms with van der Waals surface area (Å²) in [5.74, 6) is 0.610. The third-order valence-corrected chi connectivity index (χ3v) is 3.87. The molecule has 0 spiro atoms. The van der Waals surface area contributed by atoms with Gasteiger partial charge >= 0.3 is 0 Å². The van der Waals surface area contributed by atoms with Crippen molar-refractivity contribution in [3.8, 4) is 0 Å². The topological polar surface area (TPSA) is 83.8 Å². The van der Waals surface area contributed by atoms with Gasteiger partial charge in [-0.05, 0) is 41.0 Å². The van der Waals surface area contributed by atoms with E-state index in [0.29, 0.717) is 6.54 Å². The minimum Gasteiger partial charge on any atom is -0.361 e. The normalized spacial score (nSPS) is 12.4. The standard InChI is InChI=1S/C15H22N4O2/c1-8(14-10(3)17-18-11(14)4)15(20)16-7-6-13-9(2)19-21-12(13)5/h8H,6-7H2,1-5H3,(H,16,20)(H,17,18). The van der Waals surface area contributed by atoms with E-state index in [9.17, 15) is 4.79 Å². The van der Waals surface area contributed by atoms with Crippen LogP contribution in [0.2, 0.25) is 0 Å². The van der Waals surface area contributed by atoms with Crippen LogP contribution in [0.5, 0.6) is 0 Å². The molecule has 2 aromatic rings. The van der Waals surface area contributed by atoms with Gasteiger partial charge in [-0.25, -0.2) is 0 Å². The van der Waals surface area contributed by atoms with Gasteiger partial charge in [0.05, 0.1) is 17.3 Å². The van der Waals surface area contributed by atoms with E-state index in [1.165, 1.54) is 0 Å². The van der Waals surface area contributed by atoms with Crippen molar-refractivity contribution in [3.05, 3.63) is 34.0 Å². The molecule has 0 aliphatic rings. The zero-order chi connectivity index (χ0) is 15.6. The quantitative estimate of drug-likeness (QED) is 0.883. The summed E-state index contributed by atoms with van der Waals surface area (Å²) in [5.41, 5.74) is 4.75. The summed E-state index contributed by atoms with van der Waals surface area (Å²) in [6.07, 6.45) is 0.725. The molecular weight excluding hydrogens is 268 g/mol. The summed E-state index contributed by atoms with van der Waals surface area (Å²) in [7, 11) is 0. The van der Waals surface area contributed by atoms with E-state index in [0.717, 1.165) is 40.4 Å². The van der Waals surface area contributed by atoms with Crippen LogP contribution in [-0.2, 0) is 11.2 Å². The van der Waals surface area contributed by atoms with Crippen molar-refractivity contribution >= 4 is 5.91 Å². The minimum absolute atomic E-state index is 0.00867. The van der Waals surface area contributed by atoms with Crippen molar-refractivity contribution in [1.82, 2.24) is 20.7 Å². The molecule has 2 rings (SSSR count). The van der Waals surface area contributed by atoms with Gasteiger partial charge in [-0.2, -0.15) is 5.10 Å². The van der Waals surface area contributed by atoms with Gasteiger partial charge in [-0.1, -0.05) is 5.16 Å². The number of nitrogens with zero attached hydrogens (tertiary/aromatic N) is 2. The van der Waals surface area contributed by atoms with Crippen LogP contribution in [0.1, 0.15) is 46.8 Å². The monoisotopic (exact) mass is 290 g/mol. The van der Waals surface area contributed by atoms with E-state index in [1.807, 2.05) is 34.6 Å². The predicted octanol–water partition coefficient (Wildman–Crippen LogP) is 2.09. The maximum Gasteiger partial charge on any atom is 0.227 e. The third-order valence-electron chi connectivity index (χ3n) is 3.87. The molecule has 114 valence electrons. The molecule has 0 aromatic carbocycles. The molecule has 6 nitrogen and oxygen atoms in total. The van der Waals surface area contributed by atoms with Gasteiger partial charge in [0, 0.05) is 23.4 Å². The fourth-order valence-corrected chi connectivity index (χ4v) is 2.65. The van der Waals surface area contributed by atoms with Crippen molar-refractivity contribution in [2.45, 2.75) is 47.0 Å². The van der Waals surface area contributed by atoms with E-state index in [1.54, 1.807) is 0 Å². The highest BCUT2D eigenvalue weighted by atomic mass is 16.5. The van der Waals surface area contributed by atoms with Gasteiger partial charge in [0.2, 0.25) is 5.91 Å². The van der Waals surface area contributed by atoms with Crippen molar-refractivity contribution in [2.75, 3.05) is 6.54 Å². The summed E-state index contributed by atoms with van der Waals surface area (Å²) in [4.78, 5) is 12.3. The van der Waals surface area contributed by atoms with Crippen LogP contribution in [0.25, 0.3) is 0 Å². The van der Waals surface area contributed by atoms with E-state index in [4.69, 9.17) is 4.52 Å². The Morgan fingerprint density at radius 3 is 2.52 bits per heavy atom. The van der Waals surface area contributed by atoms with Crippen molar-refractivity contribution in [3.63, 3.8) is 0 Å². The highest BCUT2D eigenvalue weighted by molar-refractivity contribution is 5.83. The van der Waals surface area contributed by atoms with Crippen molar-refractivity contribution in [2.24, 2.45) is 0 Å². The Labute approximate surface area is 124 Å². The highest BCUT2D eigenvalue weighted by Gasteiger charge is 2.21. The molecule has 1 unspecified atom stereocenters. The molecule has 21 heavy (non-hydrogen) atoms. The number of aryl methyl sites for hydroxylation is 4. The molecule has 0 fully saturated rings. The van der Waals surface area contributed by atoms with Gasteiger partial charge < -0.3 is 9.84 Å². The first kappa shape index (κ1) is 15.3. The number of carbonyl (C=O) groups is 1. The average Bonchev–Trinajstić information content (AvgIpc) is 2.94. The lowest BCUT2D eigenvalue weighted by Crippen LogP contribution is -2.30. The number of amides is 1. The molecule has 2 aromatic heterocycles. The Bertz CT molecular complexity index is 603. The molecule has 0 bridgehead atoms. The number of aromatic amines is 1. The first-order valence-electron chi connectivity index (χ1n) is 7.12. The zero-order valence-corrected chi connectivity index (χ0v) is 13.2. The molecule has 1 atom stereocenters. The van der Waals surface area contributed by atoms with Crippen LogP contribution >= 0.6 is 0 Å². The summed E-state index contributed by atoms with van der Waals surface area (Å²) >= 11 is 0. The Kier molecular flexibility index (Phi) is 4.45. The second kappa shape index (κ2) is 6.11. The molecule has 2 N–H and O–H groups in total. The molecular formula is C15H22N4O2. The maximum absolute atomic E-state index is 12.3. The maximum atomic E-state index is 12.3. The fraction of sp³-hybridized carbons (Fsp3) is 0.533. The second-order valence-electron chi connectivity index (χ2n) is 5.41. The largest absolute Gasteiger partial charge is 0.361 e. The molecule has 0 aliphatic heterocycles. The summed E-state index contributed by atoms with van der Waals surface area (Å²) in [5, 5.41) is 13.9. The van der Waals surface area contributed by atoms with Crippen LogP contribution in [0.4, 0.5) is 0 Å². The van der Waals surface area contributed by atoms with E-state index < -0.39 is 0 Å². The van der Waals surface area contributed by atoms with Gasteiger partial charge in [0.15, 0.2) is 0 Å². The van der Waals surface area contributed by atoms with Gasteiger partial charge in [0.25, 0.3) is 0 Å². The lowest BCUT2D eigenvalue weighted by atomic mass is 9.98. The summed E-state index contributed by atoms with van der Waals surface area (Å²) in [6.45, 7) is 10.1. The van der Waals surface area contributed by atoms with Gasteiger partial charge in [-0.15, -0.1) is 0 Å². The van der Waals surface area contributed by atoms with Crippen LogP contribution in [0, 0.1) is 27.7 Å². The number of rotatable bonds is 5. The number of H-pyrrole nitrogens is 1. The number of hydrogen-bond acceptors (Lipinski definition) is 4. The molecule has 0 aliphatic carbocycles. The van der Waals surface area contributed by atoms with E-state index >= 15 is 0 Å². The number of hydrogen-bond donors (Lipinski definition) is 2. The molecule has 6 heteroatoms. The predicted molar refractivity (Wildman–Crippen MR) is 79.2 cm³/mol. The van der Waals surface area contributed by atoms with Crippen LogP contribution in [-0.4, -0.2) is 27.8 Å². The zero-order valence-electron chi connectivity index (χ0n) is 13.2. The Hall–Kier alpha value is -2.11. The van der Waals surface area contributed by atoms with E-state index in [2.05, 4.69) is 20.7 Å². The van der Waals surface area contributed by atoms with Gasteiger partial charge in [-0.3, -0.25) is 9.89 Å². The number of aromatic nitrogens is 3. The number of carbonyl (C=O) groups excluding carboxylic acids is 1. The molecule has 0 radical (unpaired) electrons. The summed E-state index contributed by atoms with van der Waals surface area (Å²) < 4.78 is 5.12. The third kappa shape index (κ3) is 3.15. The first-order valence-corrected chi connectivity index (χ1v) is 7.12. The van der Waals surface area contributed by atoms with Crippen LogP contribution < -0.4 is 5.32 Å². The van der Waals surface area contributed by atoms with E-state index in [-0.39, 0.29) is 11.8 Å². The first-order chi connectivity index (χ1) is 9.91. The molecule has 2 heterocycles. The van der Waals surface area contributed by atoms with Crippen molar-refractivity contribution in [1.29, 1.82) is 0 Å². The van der Waals surface area contributed by atoms with Gasteiger partial charge in [0.1, 0.15) is 5.76 Å². The van der Waals surface area contributed by atoms with Crippen LogP contribution in [0.3, 0.4) is 0 Å². The number of nitrogens with one attached hydrogen (secondary N) is 2. The molecule has 0 saturated carbocycles. The Balaban J connectivity index is 1.93. The van der Waals surface area contributed by atoms with Crippen molar-refractivity contribution < 1.29 is 9.32 Å². The molecule has 0 saturated heterocycles. The highest BCUT2D eigenvalue weighted by Crippen LogP contribution is 2.21. The lowest BCUT2D eigenvalue weighted by Gasteiger charge is -2.12. The fourth-order valence-electron chi connectivity index (χ4n) is 2.65.